The Morgan fingerprint density at radius 3 is 2.83 bits per heavy atom. The summed E-state index contributed by atoms with van der Waals surface area (Å²) in [7, 11) is 2.02. The number of aryl methyl sites for hydroxylation is 1. The lowest BCUT2D eigenvalue weighted by Gasteiger charge is -2.02. The molecule has 1 aromatic heterocycles. The largest absolute Gasteiger partial charge is 0.336 e. The lowest BCUT2D eigenvalue weighted by Crippen LogP contribution is -2.18. The molecule has 0 spiro atoms. The van der Waals surface area contributed by atoms with Crippen LogP contribution in [-0.4, -0.2) is 10.6 Å². The van der Waals surface area contributed by atoms with Gasteiger partial charge in [0.1, 0.15) is 5.49 Å². The summed E-state index contributed by atoms with van der Waals surface area (Å²) in [5, 5.41) is 0. The Morgan fingerprint density at radius 2 is 2.25 bits per heavy atom. The average Bonchev–Trinajstić information content (AvgIpc) is 2.09. The zero-order valence-electron chi connectivity index (χ0n) is 7.99. The first-order valence-electron chi connectivity index (χ1n) is 4.39. The van der Waals surface area contributed by atoms with E-state index < -0.39 is 0 Å². The molecular weight excluding hydrogens is 148 g/mol. The maximum Gasteiger partial charge on any atom is 0.127 e. The standard InChI is InChI=1S/C10H16N2/c1-4-9(2)11-10-7-5-6-8-12(10)3/h5-9H,4H2,1-3H3. The topological polar surface area (TPSA) is 17.3 Å². The fraction of sp³-hybridized carbons (Fsp3) is 0.500. The maximum absolute atomic E-state index is 4.54. The minimum atomic E-state index is 0.415. The first-order chi connectivity index (χ1) is 5.74. The van der Waals surface area contributed by atoms with Crippen LogP contribution in [0.4, 0.5) is 0 Å². The monoisotopic (exact) mass is 164 g/mol. The Hall–Kier alpha value is -1.05. The summed E-state index contributed by atoms with van der Waals surface area (Å²) in [5.74, 6) is 0. The zero-order valence-corrected chi connectivity index (χ0v) is 7.99. The van der Waals surface area contributed by atoms with Crippen molar-refractivity contribution in [1.29, 1.82) is 0 Å². The van der Waals surface area contributed by atoms with E-state index in [-0.39, 0.29) is 0 Å². The van der Waals surface area contributed by atoms with E-state index in [1.54, 1.807) is 0 Å². The quantitative estimate of drug-likeness (QED) is 0.633. The Kier molecular flexibility index (Phi) is 3.09. The van der Waals surface area contributed by atoms with Crippen molar-refractivity contribution < 1.29 is 0 Å². The van der Waals surface area contributed by atoms with Crippen LogP contribution < -0.4 is 5.49 Å². The number of rotatable bonds is 2. The Bertz CT molecular complexity index is 299. The van der Waals surface area contributed by atoms with Gasteiger partial charge < -0.3 is 4.57 Å². The van der Waals surface area contributed by atoms with Crippen LogP contribution in [-0.2, 0) is 7.05 Å². The van der Waals surface area contributed by atoms with Crippen LogP contribution in [0.25, 0.3) is 0 Å². The van der Waals surface area contributed by atoms with Crippen LogP contribution >= 0.6 is 0 Å². The van der Waals surface area contributed by atoms with Gasteiger partial charge in [-0.25, -0.2) is 0 Å². The third-order valence-corrected chi connectivity index (χ3v) is 1.97. The third kappa shape index (κ3) is 2.22. The number of hydrogen-bond donors (Lipinski definition) is 0. The first kappa shape index (κ1) is 9.04. The van der Waals surface area contributed by atoms with Crippen molar-refractivity contribution in [3.63, 3.8) is 0 Å². The van der Waals surface area contributed by atoms with Gasteiger partial charge in [-0.1, -0.05) is 13.0 Å². The van der Waals surface area contributed by atoms with Crippen LogP contribution in [0.1, 0.15) is 20.3 Å². The molecule has 0 saturated carbocycles. The molecule has 1 heterocycles. The second-order valence-corrected chi connectivity index (χ2v) is 3.06. The molecule has 0 aliphatic rings. The number of hydrogen-bond acceptors (Lipinski definition) is 1. The molecule has 66 valence electrons. The molecule has 12 heavy (non-hydrogen) atoms. The lowest BCUT2D eigenvalue weighted by molar-refractivity contribution is 0.668. The first-order valence-corrected chi connectivity index (χ1v) is 4.39. The molecule has 0 fully saturated rings. The van der Waals surface area contributed by atoms with Crippen LogP contribution in [0.15, 0.2) is 29.4 Å². The Balaban J connectivity index is 3.01. The number of nitrogens with zero attached hydrogens (tertiary/aromatic N) is 2. The molecule has 0 bridgehead atoms. The average molecular weight is 164 g/mol. The molecule has 2 heteroatoms. The van der Waals surface area contributed by atoms with Crippen molar-refractivity contribution >= 4 is 0 Å². The summed E-state index contributed by atoms with van der Waals surface area (Å²) in [6.45, 7) is 4.28. The fourth-order valence-corrected chi connectivity index (χ4v) is 0.966. The van der Waals surface area contributed by atoms with Crippen molar-refractivity contribution in [2.45, 2.75) is 26.3 Å². The molecule has 0 saturated heterocycles. The smallest absolute Gasteiger partial charge is 0.127 e. The van der Waals surface area contributed by atoms with Crippen LogP contribution in [0.3, 0.4) is 0 Å². The highest BCUT2D eigenvalue weighted by Crippen LogP contribution is 1.92. The van der Waals surface area contributed by atoms with E-state index >= 15 is 0 Å². The van der Waals surface area contributed by atoms with Crippen molar-refractivity contribution in [1.82, 2.24) is 4.57 Å². The summed E-state index contributed by atoms with van der Waals surface area (Å²) in [4.78, 5) is 4.54. The molecule has 1 atom stereocenters. The van der Waals surface area contributed by atoms with Gasteiger partial charge in [0.25, 0.3) is 0 Å². The van der Waals surface area contributed by atoms with Crippen LogP contribution in [0, 0.1) is 0 Å². The van der Waals surface area contributed by atoms with Crippen LogP contribution in [0.5, 0.6) is 0 Å². The van der Waals surface area contributed by atoms with E-state index in [4.69, 9.17) is 0 Å². The predicted octanol–water partition coefficient (Wildman–Crippen LogP) is 1.72. The van der Waals surface area contributed by atoms with Gasteiger partial charge in [0, 0.05) is 19.3 Å². The van der Waals surface area contributed by atoms with Crippen molar-refractivity contribution in [3.05, 3.63) is 29.9 Å². The number of pyridine rings is 1. The van der Waals surface area contributed by atoms with Gasteiger partial charge in [-0.05, 0) is 25.5 Å². The minimum absolute atomic E-state index is 0.415. The van der Waals surface area contributed by atoms with Gasteiger partial charge in [0.15, 0.2) is 0 Å². The molecule has 0 aliphatic heterocycles. The summed E-state index contributed by atoms with van der Waals surface area (Å²) in [5.41, 5.74) is 1.05. The molecule has 0 amide bonds. The second-order valence-electron chi connectivity index (χ2n) is 3.06. The summed E-state index contributed by atoms with van der Waals surface area (Å²) in [6, 6.07) is 6.47. The Labute approximate surface area is 73.6 Å². The second kappa shape index (κ2) is 4.10. The third-order valence-electron chi connectivity index (χ3n) is 1.97. The van der Waals surface area contributed by atoms with Gasteiger partial charge in [-0.2, -0.15) is 0 Å². The lowest BCUT2D eigenvalue weighted by atomic mass is 10.3. The fourth-order valence-electron chi connectivity index (χ4n) is 0.966. The van der Waals surface area contributed by atoms with E-state index in [0.717, 1.165) is 11.9 Å². The van der Waals surface area contributed by atoms with Crippen molar-refractivity contribution in [2.75, 3.05) is 0 Å². The molecule has 0 aromatic carbocycles. The van der Waals surface area contributed by atoms with E-state index in [1.165, 1.54) is 0 Å². The van der Waals surface area contributed by atoms with Gasteiger partial charge >= 0.3 is 0 Å². The van der Waals surface area contributed by atoms with Gasteiger partial charge in [-0.3, -0.25) is 4.99 Å². The molecule has 2 nitrogen and oxygen atoms in total. The molecular formula is C10H16N2. The molecule has 0 N–H and O–H groups in total. The highest BCUT2D eigenvalue weighted by atomic mass is 15.0. The molecule has 1 unspecified atom stereocenters. The van der Waals surface area contributed by atoms with Gasteiger partial charge in [0.05, 0.1) is 0 Å². The maximum atomic E-state index is 4.54. The normalized spacial score (nSPS) is 14.8. The predicted molar refractivity (Wildman–Crippen MR) is 50.7 cm³/mol. The summed E-state index contributed by atoms with van der Waals surface area (Å²) < 4.78 is 2.03. The van der Waals surface area contributed by atoms with Crippen molar-refractivity contribution in [3.8, 4) is 0 Å². The summed E-state index contributed by atoms with van der Waals surface area (Å²) >= 11 is 0. The molecule has 0 radical (unpaired) electrons. The number of aromatic nitrogens is 1. The van der Waals surface area contributed by atoms with E-state index in [9.17, 15) is 0 Å². The van der Waals surface area contributed by atoms with E-state index in [0.29, 0.717) is 6.04 Å². The molecule has 1 rings (SSSR count). The van der Waals surface area contributed by atoms with E-state index in [2.05, 4.69) is 18.8 Å². The summed E-state index contributed by atoms with van der Waals surface area (Å²) in [6.07, 6.45) is 3.11. The van der Waals surface area contributed by atoms with Crippen molar-refractivity contribution in [2.24, 2.45) is 12.0 Å². The van der Waals surface area contributed by atoms with Gasteiger partial charge in [0.2, 0.25) is 0 Å². The van der Waals surface area contributed by atoms with E-state index in [1.807, 2.05) is 36.0 Å². The zero-order chi connectivity index (χ0) is 8.97. The minimum Gasteiger partial charge on any atom is -0.336 e. The highest BCUT2D eigenvalue weighted by molar-refractivity contribution is 4.92. The molecule has 1 aromatic rings. The molecule has 0 aliphatic carbocycles. The van der Waals surface area contributed by atoms with Crippen LogP contribution in [0.2, 0.25) is 0 Å². The highest BCUT2D eigenvalue weighted by Gasteiger charge is 1.92. The Morgan fingerprint density at radius 1 is 1.50 bits per heavy atom. The SMILES string of the molecule is CCC(C)N=c1ccccn1C. The van der Waals surface area contributed by atoms with Gasteiger partial charge in [-0.15, -0.1) is 0 Å².